The lowest BCUT2D eigenvalue weighted by Gasteiger charge is -2.26. The Labute approximate surface area is 187 Å². The van der Waals surface area contributed by atoms with Gasteiger partial charge in [-0.05, 0) is 49.1 Å². The number of carbonyl (C=O) groups is 1. The summed E-state index contributed by atoms with van der Waals surface area (Å²) in [5.41, 5.74) is 1.41. The van der Waals surface area contributed by atoms with Crippen molar-refractivity contribution in [2.24, 2.45) is 0 Å². The third kappa shape index (κ3) is 4.54. The van der Waals surface area contributed by atoms with E-state index in [1.54, 1.807) is 17.8 Å². The van der Waals surface area contributed by atoms with Crippen molar-refractivity contribution in [3.8, 4) is 0 Å². The van der Waals surface area contributed by atoms with E-state index >= 15 is 0 Å². The number of hydrogen-bond donors (Lipinski definition) is 1. The molecule has 30 heavy (non-hydrogen) atoms. The smallest absolute Gasteiger partial charge is 0.251 e. The maximum absolute atomic E-state index is 13.2. The Kier molecular flexibility index (Phi) is 6.72. The minimum absolute atomic E-state index is 0.0123. The standard InChI is InChI=1S/C22H25ClN2O3S2/c23-18-10-9-16(15-21(18)30(27,28)25-12-5-1-2-6-13-25)22(26)24-19-11-14-29-20-8-4-3-7-17(19)20/h3-4,7-10,15,19H,1-2,5-6,11-14H2,(H,24,26). The molecule has 4 rings (SSSR count). The summed E-state index contributed by atoms with van der Waals surface area (Å²) >= 11 is 8.05. The molecule has 2 aromatic carbocycles. The molecule has 1 amide bonds. The van der Waals surface area contributed by atoms with Crippen LogP contribution in [0.2, 0.25) is 5.02 Å². The molecule has 2 aromatic rings. The fraction of sp³-hybridized carbons (Fsp3) is 0.409. The first-order valence-electron chi connectivity index (χ1n) is 10.3. The summed E-state index contributed by atoms with van der Waals surface area (Å²) in [5, 5.41) is 3.22. The Bertz CT molecular complexity index is 1030. The molecule has 2 heterocycles. The lowest BCUT2D eigenvalue weighted by atomic mass is 10.0. The van der Waals surface area contributed by atoms with Crippen LogP contribution in [0.1, 0.15) is 54.1 Å². The number of amides is 1. The van der Waals surface area contributed by atoms with Crippen LogP contribution >= 0.6 is 23.4 Å². The van der Waals surface area contributed by atoms with Gasteiger partial charge in [-0.2, -0.15) is 4.31 Å². The molecule has 0 bridgehead atoms. The van der Waals surface area contributed by atoms with Gasteiger partial charge < -0.3 is 5.32 Å². The molecular weight excluding hydrogens is 440 g/mol. The lowest BCUT2D eigenvalue weighted by molar-refractivity contribution is 0.0934. The molecule has 0 spiro atoms. The van der Waals surface area contributed by atoms with Gasteiger partial charge in [0.15, 0.2) is 0 Å². The van der Waals surface area contributed by atoms with E-state index in [-0.39, 0.29) is 21.9 Å². The summed E-state index contributed by atoms with van der Waals surface area (Å²) < 4.78 is 27.9. The first-order chi connectivity index (χ1) is 14.5. The van der Waals surface area contributed by atoms with Crippen LogP contribution in [0.15, 0.2) is 52.3 Å². The molecule has 2 aliphatic rings. The van der Waals surface area contributed by atoms with Crippen molar-refractivity contribution in [3.63, 3.8) is 0 Å². The van der Waals surface area contributed by atoms with Crippen molar-refractivity contribution in [1.29, 1.82) is 0 Å². The second kappa shape index (κ2) is 9.30. The van der Waals surface area contributed by atoms with E-state index in [2.05, 4.69) is 11.4 Å². The van der Waals surface area contributed by atoms with Crippen LogP contribution in [-0.2, 0) is 10.0 Å². The van der Waals surface area contributed by atoms with E-state index in [1.807, 2.05) is 18.2 Å². The number of fused-ring (bicyclic) bond motifs is 1. The van der Waals surface area contributed by atoms with E-state index in [4.69, 9.17) is 11.6 Å². The van der Waals surface area contributed by atoms with Crippen molar-refractivity contribution in [3.05, 3.63) is 58.6 Å². The predicted octanol–water partition coefficient (Wildman–Crippen LogP) is 4.87. The second-order valence-corrected chi connectivity index (χ2v) is 11.1. The van der Waals surface area contributed by atoms with Crippen LogP contribution in [0.3, 0.4) is 0 Å². The van der Waals surface area contributed by atoms with Crippen LogP contribution in [-0.4, -0.2) is 37.5 Å². The van der Waals surface area contributed by atoms with Crippen molar-refractivity contribution in [2.45, 2.75) is 47.9 Å². The van der Waals surface area contributed by atoms with Crippen LogP contribution in [0.5, 0.6) is 0 Å². The molecular formula is C22H25ClN2O3S2. The van der Waals surface area contributed by atoms with Gasteiger partial charge in [-0.3, -0.25) is 4.79 Å². The average molecular weight is 465 g/mol. The van der Waals surface area contributed by atoms with Gasteiger partial charge in [0.1, 0.15) is 4.90 Å². The van der Waals surface area contributed by atoms with Crippen LogP contribution in [0.25, 0.3) is 0 Å². The van der Waals surface area contributed by atoms with Gasteiger partial charge in [0.05, 0.1) is 11.1 Å². The number of nitrogens with zero attached hydrogens (tertiary/aromatic N) is 1. The molecule has 1 saturated heterocycles. The summed E-state index contributed by atoms with van der Waals surface area (Å²) in [4.78, 5) is 14.2. The highest BCUT2D eigenvalue weighted by Gasteiger charge is 2.29. The van der Waals surface area contributed by atoms with Gasteiger partial charge in [0.2, 0.25) is 10.0 Å². The van der Waals surface area contributed by atoms with Gasteiger partial charge in [0.25, 0.3) is 5.91 Å². The minimum Gasteiger partial charge on any atom is -0.345 e. The first kappa shape index (κ1) is 21.7. The zero-order chi connectivity index (χ0) is 21.1. The Morgan fingerprint density at radius 2 is 1.80 bits per heavy atom. The number of halogens is 1. The van der Waals surface area contributed by atoms with Crippen LogP contribution in [0.4, 0.5) is 0 Å². The Morgan fingerprint density at radius 1 is 1.07 bits per heavy atom. The van der Waals surface area contributed by atoms with E-state index in [1.165, 1.54) is 21.3 Å². The van der Waals surface area contributed by atoms with Gasteiger partial charge in [-0.25, -0.2) is 8.42 Å². The third-order valence-electron chi connectivity index (χ3n) is 5.64. The highest BCUT2D eigenvalue weighted by atomic mass is 35.5. The summed E-state index contributed by atoms with van der Waals surface area (Å²) in [6.45, 7) is 0.983. The van der Waals surface area contributed by atoms with E-state index in [0.717, 1.165) is 43.4 Å². The number of benzene rings is 2. The molecule has 0 aliphatic carbocycles. The normalized spacial score (nSPS) is 20.2. The number of hydrogen-bond acceptors (Lipinski definition) is 4. The monoisotopic (exact) mass is 464 g/mol. The van der Waals surface area contributed by atoms with E-state index in [0.29, 0.717) is 18.7 Å². The van der Waals surface area contributed by atoms with Crippen molar-refractivity contribution in [1.82, 2.24) is 9.62 Å². The molecule has 5 nitrogen and oxygen atoms in total. The summed E-state index contributed by atoms with van der Waals surface area (Å²) in [6.07, 6.45) is 4.58. The maximum Gasteiger partial charge on any atom is 0.251 e. The predicted molar refractivity (Wildman–Crippen MR) is 121 cm³/mol. The largest absolute Gasteiger partial charge is 0.345 e. The second-order valence-electron chi connectivity index (χ2n) is 7.66. The molecule has 2 aliphatic heterocycles. The van der Waals surface area contributed by atoms with E-state index < -0.39 is 10.0 Å². The zero-order valence-corrected chi connectivity index (χ0v) is 19.0. The average Bonchev–Trinajstić information content (AvgIpc) is 3.04. The van der Waals surface area contributed by atoms with Crippen LogP contribution < -0.4 is 5.32 Å². The SMILES string of the molecule is O=C(NC1CCSc2ccccc21)c1ccc(Cl)c(S(=O)(=O)N2CCCCCC2)c1. The quantitative estimate of drug-likeness (QED) is 0.700. The fourth-order valence-corrected chi connectivity index (χ4v) is 7.14. The molecule has 8 heteroatoms. The molecule has 0 saturated carbocycles. The lowest BCUT2D eigenvalue weighted by Crippen LogP contribution is -2.33. The van der Waals surface area contributed by atoms with Crippen molar-refractivity contribution < 1.29 is 13.2 Å². The molecule has 160 valence electrons. The van der Waals surface area contributed by atoms with Crippen molar-refractivity contribution >= 4 is 39.3 Å². The number of rotatable bonds is 4. The van der Waals surface area contributed by atoms with Gasteiger partial charge in [-0.1, -0.05) is 42.6 Å². The van der Waals surface area contributed by atoms with Gasteiger partial charge in [-0.15, -0.1) is 11.8 Å². The topological polar surface area (TPSA) is 66.5 Å². The molecule has 0 aromatic heterocycles. The number of thioether (sulfide) groups is 1. The first-order valence-corrected chi connectivity index (χ1v) is 13.1. The third-order valence-corrected chi connectivity index (χ3v) is 9.14. The summed E-state index contributed by atoms with van der Waals surface area (Å²) in [5.74, 6) is 0.641. The molecule has 1 unspecified atom stereocenters. The number of nitrogens with one attached hydrogen (secondary N) is 1. The Morgan fingerprint density at radius 3 is 2.57 bits per heavy atom. The number of carbonyl (C=O) groups excluding carboxylic acids is 1. The summed E-state index contributed by atoms with van der Waals surface area (Å²) in [7, 11) is -3.74. The van der Waals surface area contributed by atoms with E-state index in [9.17, 15) is 13.2 Å². The Hall–Kier alpha value is -1.54. The van der Waals surface area contributed by atoms with Crippen LogP contribution in [0, 0.1) is 0 Å². The fourth-order valence-electron chi connectivity index (χ4n) is 4.00. The highest BCUT2D eigenvalue weighted by Crippen LogP contribution is 2.36. The number of sulfonamides is 1. The summed E-state index contributed by atoms with van der Waals surface area (Å²) in [6, 6.07) is 12.5. The maximum atomic E-state index is 13.2. The minimum atomic E-state index is -3.74. The molecule has 1 fully saturated rings. The zero-order valence-electron chi connectivity index (χ0n) is 16.6. The Balaban J connectivity index is 1.58. The molecule has 0 radical (unpaired) electrons. The van der Waals surface area contributed by atoms with Crippen molar-refractivity contribution in [2.75, 3.05) is 18.8 Å². The van der Waals surface area contributed by atoms with Gasteiger partial charge >= 0.3 is 0 Å². The highest BCUT2D eigenvalue weighted by molar-refractivity contribution is 7.99. The van der Waals surface area contributed by atoms with Gasteiger partial charge in [0, 0.05) is 29.3 Å². The molecule has 1 N–H and O–H groups in total. The molecule has 1 atom stereocenters.